The lowest BCUT2D eigenvalue weighted by Gasteiger charge is -2.42. The average molecular weight is 820 g/mol. The number of likely N-dealkylation sites (tertiary alicyclic amines) is 1. The number of rotatable bonds is 11. The quantitative estimate of drug-likeness (QED) is 0.248. The van der Waals surface area contributed by atoms with Crippen molar-refractivity contribution in [2.75, 3.05) is 54.0 Å². The van der Waals surface area contributed by atoms with Crippen LogP contribution in [0, 0.1) is 19.8 Å². The fourth-order valence-corrected chi connectivity index (χ4v) is 9.02. The van der Waals surface area contributed by atoms with Crippen LogP contribution >= 0.6 is 23.2 Å². The first-order valence-corrected chi connectivity index (χ1v) is 19.8. The van der Waals surface area contributed by atoms with Gasteiger partial charge in [-0.05, 0) is 88.1 Å². The van der Waals surface area contributed by atoms with E-state index in [0.29, 0.717) is 35.8 Å². The summed E-state index contributed by atoms with van der Waals surface area (Å²) in [7, 11) is 2.35. The highest BCUT2D eigenvalue weighted by molar-refractivity contribution is 7.89. The van der Waals surface area contributed by atoms with Crippen LogP contribution in [0.3, 0.4) is 0 Å². The van der Waals surface area contributed by atoms with Gasteiger partial charge >= 0.3 is 6.18 Å². The van der Waals surface area contributed by atoms with Crippen molar-refractivity contribution in [1.29, 1.82) is 0 Å². The number of hydrogen-bond acceptors (Lipinski definition) is 8. The molecular formula is C37H47Cl2F3N4O7S. The Morgan fingerprint density at radius 2 is 1.72 bits per heavy atom. The number of carbonyl (C=O) groups is 2. The molecule has 1 amide bonds. The van der Waals surface area contributed by atoms with Crippen molar-refractivity contribution in [2.24, 2.45) is 5.92 Å². The summed E-state index contributed by atoms with van der Waals surface area (Å²) in [5.74, 6) is -2.10. The van der Waals surface area contributed by atoms with Crippen molar-refractivity contribution in [3.05, 3.63) is 63.3 Å². The molecular weight excluding hydrogens is 772 g/mol. The van der Waals surface area contributed by atoms with Crippen molar-refractivity contribution in [1.82, 2.24) is 14.6 Å². The van der Waals surface area contributed by atoms with Gasteiger partial charge < -0.3 is 28.8 Å². The van der Waals surface area contributed by atoms with Crippen LogP contribution in [0.25, 0.3) is 10.9 Å². The van der Waals surface area contributed by atoms with E-state index in [-0.39, 0.29) is 53.5 Å². The molecule has 2 aliphatic heterocycles. The van der Waals surface area contributed by atoms with Crippen molar-refractivity contribution in [2.45, 2.75) is 75.6 Å². The van der Waals surface area contributed by atoms with Gasteiger partial charge in [0, 0.05) is 48.0 Å². The molecule has 0 bridgehead atoms. The number of carboxylic acid groups (broad SMARTS) is 1. The van der Waals surface area contributed by atoms with Gasteiger partial charge in [0.2, 0.25) is 15.9 Å². The van der Waals surface area contributed by atoms with Crippen LogP contribution in [0.5, 0.6) is 5.75 Å². The lowest BCUT2D eigenvalue weighted by Crippen LogP contribution is -2.62. The minimum atomic E-state index is -5.19. The first-order chi connectivity index (χ1) is 25.1. The molecule has 0 atom stereocenters. The molecule has 11 nitrogen and oxygen atoms in total. The Labute approximate surface area is 324 Å². The molecule has 2 aliphatic rings. The summed E-state index contributed by atoms with van der Waals surface area (Å²) in [5.41, 5.74) is 1.65. The number of halogens is 5. The van der Waals surface area contributed by atoms with E-state index < -0.39 is 27.7 Å². The molecule has 298 valence electrons. The van der Waals surface area contributed by atoms with Crippen molar-refractivity contribution < 1.29 is 50.2 Å². The van der Waals surface area contributed by atoms with Crippen LogP contribution in [0.15, 0.2) is 41.3 Å². The second-order valence-electron chi connectivity index (χ2n) is 14.8. The van der Waals surface area contributed by atoms with Crippen LogP contribution in [0.2, 0.25) is 10.0 Å². The summed E-state index contributed by atoms with van der Waals surface area (Å²) < 4.78 is 75.1. The molecule has 0 saturated carbocycles. The number of carboxylic acids is 1. The van der Waals surface area contributed by atoms with E-state index in [9.17, 15) is 26.4 Å². The Hall–Kier alpha value is -3.21. The summed E-state index contributed by atoms with van der Waals surface area (Å²) in [6, 6.07) is 10.6. The van der Waals surface area contributed by atoms with E-state index in [2.05, 4.69) is 30.8 Å². The number of quaternary nitrogens is 1. The third-order valence-electron chi connectivity index (χ3n) is 9.61. The first kappa shape index (κ1) is 43.5. The predicted octanol–water partition coefficient (Wildman–Crippen LogP) is 5.59. The molecule has 3 heterocycles. The fourth-order valence-electron chi connectivity index (χ4n) is 6.71. The fraction of sp³-hybridized carbons (Fsp3) is 0.541. The smallest absolute Gasteiger partial charge is 0.430 e. The number of hydrogen-bond donors (Lipinski definition) is 1. The number of amides is 1. The highest BCUT2D eigenvalue weighted by Crippen LogP contribution is 2.36. The van der Waals surface area contributed by atoms with Crippen LogP contribution < -0.4 is 14.6 Å². The number of aliphatic carboxylic acids is 1. The van der Waals surface area contributed by atoms with E-state index in [1.54, 1.807) is 0 Å². The normalized spacial score (nSPS) is 16.8. The number of pyridine rings is 1. The molecule has 54 heavy (non-hydrogen) atoms. The second-order valence-corrected chi connectivity index (χ2v) is 17.3. The van der Waals surface area contributed by atoms with Crippen molar-refractivity contribution >= 4 is 56.0 Å². The van der Waals surface area contributed by atoms with E-state index in [0.717, 1.165) is 53.4 Å². The van der Waals surface area contributed by atoms with Crippen LogP contribution in [-0.2, 0) is 31.0 Å². The Kier molecular flexibility index (Phi) is 14.3. The molecule has 1 N–H and O–H groups in total. The molecule has 3 aromatic rings. The second kappa shape index (κ2) is 17.7. The van der Waals surface area contributed by atoms with Gasteiger partial charge in [-0.3, -0.25) is 4.79 Å². The summed E-state index contributed by atoms with van der Waals surface area (Å²) >= 11 is 13.3. The van der Waals surface area contributed by atoms with E-state index >= 15 is 0 Å². The number of para-hydroxylation sites is 1. The lowest BCUT2D eigenvalue weighted by molar-refractivity contribution is -0.870. The molecule has 2 aromatic carbocycles. The van der Waals surface area contributed by atoms with Gasteiger partial charge in [0.05, 0.1) is 32.7 Å². The number of ether oxygens (including phenoxy) is 2. The predicted molar refractivity (Wildman–Crippen MR) is 198 cm³/mol. The molecule has 0 unspecified atom stereocenters. The zero-order valence-electron chi connectivity index (χ0n) is 31.0. The minimum Gasteiger partial charge on any atom is -0.542 e. The highest BCUT2D eigenvalue weighted by atomic mass is 35.5. The first-order valence-electron chi connectivity index (χ1n) is 17.6. The van der Waals surface area contributed by atoms with Gasteiger partial charge in [0.1, 0.15) is 34.3 Å². The van der Waals surface area contributed by atoms with Gasteiger partial charge in [-0.1, -0.05) is 35.3 Å². The van der Waals surface area contributed by atoms with Gasteiger partial charge in [-0.15, -0.1) is 0 Å². The highest BCUT2D eigenvalue weighted by Gasteiger charge is 2.47. The van der Waals surface area contributed by atoms with E-state index in [1.165, 1.54) is 12.1 Å². The third kappa shape index (κ3) is 11.2. The van der Waals surface area contributed by atoms with Crippen LogP contribution in [0.4, 0.5) is 13.2 Å². The molecule has 0 radical (unpaired) electrons. The van der Waals surface area contributed by atoms with Crippen LogP contribution in [0.1, 0.15) is 55.3 Å². The zero-order valence-corrected chi connectivity index (χ0v) is 33.4. The van der Waals surface area contributed by atoms with E-state index in [1.807, 2.05) is 43.0 Å². The Morgan fingerprint density at radius 3 is 2.31 bits per heavy atom. The number of fused-ring (bicyclic) bond motifs is 1. The largest absolute Gasteiger partial charge is 0.542 e. The third-order valence-corrected chi connectivity index (χ3v) is 12.1. The summed E-state index contributed by atoms with van der Waals surface area (Å²) in [5, 5.41) is 9.97. The lowest BCUT2D eigenvalue weighted by atomic mass is 9.87. The van der Waals surface area contributed by atoms with Gasteiger partial charge in [-0.25, -0.2) is 13.4 Å². The molecule has 2 saturated heterocycles. The van der Waals surface area contributed by atoms with E-state index in [4.69, 9.17) is 42.6 Å². The van der Waals surface area contributed by atoms with Gasteiger partial charge in [0.15, 0.2) is 0 Å². The number of nitrogens with zero attached hydrogens (tertiary/aromatic N) is 3. The summed E-state index contributed by atoms with van der Waals surface area (Å²) in [6.07, 6.45) is -0.595. The number of sulfonamides is 1. The standard InChI is InChI=1S/C35H47Cl2N4O5S.C2HF3O2/c1-24-22-25(2)38-33-27(24)9-6-10-30(33)46-23-28-29(36)11-12-31(32(28)37)47(43,44)39-35(15-20-45-21-16-35)34(42)40-17-13-26(14-18-40)8-7-19-41(3,4)5;3-2(4,5)1(6)7/h6,9-12,22,26,39H,7-8,13-21,23H2,1-5H3;(H,6,7)/q+1;/p-1. The Morgan fingerprint density at radius 1 is 1.09 bits per heavy atom. The molecule has 0 spiro atoms. The number of aryl methyl sites for hydroxylation is 2. The number of aromatic nitrogens is 1. The maximum absolute atomic E-state index is 14.1. The maximum atomic E-state index is 14.1. The number of alkyl halides is 3. The monoisotopic (exact) mass is 818 g/mol. The number of piperidine rings is 1. The number of carbonyl (C=O) groups excluding carboxylic acids is 2. The van der Waals surface area contributed by atoms with Crippen molar-refractivity contribution in [3.63, 3.8) is 0 Å². The molecule has 1 aromatic heterocycles. The van der Waals surface area contributed by atoms with Gasteiger partial charge in [0.25, 0.3) is 0 Å². The Balaban J connectivity index is 0.000000845. The average Bonchev–Trinajstić information content (AvgIpc) is 3.07. The maximum Gasteiger partial charge on any atom is 0.430 e. The summed E-state index contributed by atoms with van der Waals surface area (Å²) in [6.45, 7) is 6.77. The minimum absolute atomic E-state index is 0.0464. The number of benzene rings is 2. The molecule has 5 rings (SSSR count). The Bertz CT molecular complexity index is 1930. The molecule has 0 aliphatic carbocycles. The topological polar surface area (TPSA) is 138 Å². The van der Waals surface area contributed by atoms with Crippen molar-refractivity contribution in [3.8, 4) is 5.75 Å². The summed E-state index contributed by atoms with van der Waals surface area (Å²) in [4.78, 5) is 29.2. The molecule has 17 heteroatoms. The van der Waals surface area contributed by atoms with Crippen LogP contribution in [-0.4, -0.2) is 100 Å². The SMILES string of the molecule is Cc1cc(C)c2cccc(OCc3c(Cl)ccc(S(=O)(=O)NC4(C(=O)N5CCC(CCC[N+](C)(C)C)CC5)CCOCC4)c3Cl)c2n1.O=C([O-])C(F)(F)F. The number of nitrogens with one attached hydrogen (secondary N) is 1. The zero-order chi connectivity index (χ0) is 40.1. The van der Waals surface area contributed by atoms with Gasteiger partial charge in [-0.2, -0.15) is 17.9 Å². The molecule has 2 fully saturated rings.